The maximum absolute atomic E-state index is 12.5. The van der Waals surface area contributed by atoms with Crippen LogP contribution < -0.4 is 4.74 Å². The number of piperidine rings is 1. The van der Waals surface area contributed by atoms with E-state index in [1.54, 1.807) is 12.4 Å². The molecule has 1 aliphatic rings. The van der Waals surface area contributed by atoms with Gasteiger partial charge >= 0.3 is 0 Å². The van der Waals surface area contributed by atoms with Crippen LogP contribution in [-0.2, 0) is 4.74 Å². The number of carbonyl (C=O) groups excluding carboxylic acids is 1. The second kappa shape index (κ2) is 8.26. The summed E-state index contributed by atoms with van der Waals surface area (Å²) in [5.74, 6) is 0.911. The van der Waals surface area contributed by atoms with Crippen LogP contribution in [0.1, 0.15) is 28.1 Å². The molecule has 0 saturated carbocycles. The normalized spacial score (nSPS) is 15.5. The van der Waals surface area contributed by atoms with E-state index in [0.29, 0.717) is 13.2 Å². The van der Waals surface area contributed by atoms with E-state index in [-0.39, 0.29) is 12.0 Å². The van der Waals surface area contributed by atoms with Gasteiger partial charge in [-0.2, -0.15) is 0 Å². The van der Waals surface area contributed by atoms with Gasteiger partial charge in [0.1, 0.15) is 12.4 Å². The molecule has 3 heterocycles. The van der Waals surface area contributed by atoms with Crippen LogP contribution in [0, 0.1) is 6.92 Å². The van der Waals surface area contributed by atoms with Crippen LogP contribution >= 0.6 is 11.3 Å². The molecule has 0 unspecified atom stereocenters. The number of carbonyl (C=O) groups is 1. The highest BCUT2D eigenvalue weighted by molar-refractivity contribution is 7.12. The van der Waals surface area contributed by atoms with Gasteiger partial charge in [-0.3, -0.25) is 9.78 Å². The zero-order valence-electron chi connectivity index (χ0n) is 13.8. The molecule has 1 aliphatic heterocycles. The first-order valence-electron chi connectivity index (χ1n) is 8.22. The van der Waals surface area contributed by atoms with Crippen molar-refractivity contribution < 1.29 is 14.3 Å². The molecule has 1 saturated heterocycles. The van der Waals surface area contributed by atoms with Crippen LogP contribution in [0.2, 0.25) is 0 Å². The zero-order valence-corrected chi connectivity index (χ0v) is 14.6. The molecule has 0 atom stereocenters. The molecule has 0 spiro atoms. The van der Waals surface area contributed by atoms with Crippen LogP contribution in [0.5, 0.6) is 5.75 Å². The second-order valence-corrected chi connectivity index (χ2v) is 6.75. The summed E-state index contributed by atoms with van der Waals surface area (Å²) in [7, 11) is 0. The van der Waals surface area contributed by atoms with Crippen molar-refractivity contribution >= 4 is 17.2 Å². The lowest BCUT2D eigenvalue weighted by atomic mass is 10.1. The predicted octanol–water partition coefficient (Wildman–Crippen LogP) is 3.15. The summed E-state index contributed by atoms with van der Waals surface area (Å²) in [6, 6.07) is 5.72. The number of hydrogen-bond donors (Lipinski definition) is 0. The Morgan fingerprint density at radius 3 is 2.83 bits per heavy atom. The summed E-state index contributed by atoms with van der Waals surface area (Å²) in [6.07, 6.45) is 5.37. The summed E-state index contributed by atoms with van der Waals surface area (Å²) < 4.78 is 11.4. The Hall–Kier alpha value is -1.92. The standard InChI is InChI=1S/C18H22N2O3S/c1-14-6-12-24-17(14)18(21)20-8-4-15(5-9-20)22-10-11-23-16-3-2-7-19-13-16/h2-3,6-7,12-13,15H,4-5,8-11H2,1H3. The van der Waals surface area contributed by atoms with Gasteiger partial charge in [-0.25, -0.2) is 0 Å². The summed E-state index contributed by atoms with van der Waals surface area (Å²) in [6.45, 7) is 4.56. The highest BCUT2D eigenvalue weighted by Gasteiger charge is 2.25. The van der Waals surface area contributed by atoms with Crippen LogP contribution in [-0.4, -0.2) is 48.2 Å². The van der Waals surface area contributed by atoms with Crippen molar-refractivity contribution in [1.82, 2.24) is 9.88 Å². The molecule has 0 radical (unpaired) electrons. The predicted molar refractivity (Wildman–Crippen MR) is 93.7 cm³/mol. The minimum atomic E-state index is 0.154. The first kappa shape index (κ1) is 16.9. The van der Waals surface area contributed by atoms with Crippen molar-refractivity contribution in [2.75, 3.05) is 26.3 Å². The Kier molecular flexibility index (Phi) is 5.82. The van der Waals surface area contributed by atoms with E-state index < -0.39 is 0 Å². The molecular formula is C18H22N2O3S. The van der Waals surface area contributed by atoms with Crippen LogP contribution in [0.4, 0.5) is 0 Å². The highest BCUT2D eigenvalue weighted by Crippen LogP contribution is 2.21. The molecule has 5 nitrogen and oxygen atoms in total. The molecule has 1 amide bonds. The molecule has 2 aromatic heterocycles. The number of aromatic nitrogens is 1. The van der Waals surface area contributed by atoms with Crippen molar-refractivity contribution in [3.05, 3.63) is 46.4 Å². The number of rotatable bonds is 6. The summed E-state index contributed by atoms with van der Waals surface area (Å²) >= 11 is 1.52. The first-order valence-corrected chi connectivity index (χ1v) is 9.10. The Balaban J connectivity index is 1.36. The summed E-state index contributed by atoms with van der Waals surface area (Å²) in [5, 5.41) is 1.97. The number of nitrogens with zero attached hydrogens (tertiary/aromatic N) is 2. The van der Waals surface area contributed by atoms with Crippen molar-refractivity contribution in [1.29, 1.82) is 0 Å². The summed E-state index contributed by atoms with van der Waals surface area (Å²) in [5.41, 5.74) is 1.07. The molecule has 0 aromatic carbocycles. The van der Waals surface area contributed by atoms with E-state index in [9.17, 15) is 4.79 Å². The Morgan fingerprint density at radius 2 is 2.17 bits per heavy atom. The Bertz CT molecular complexity index is 651. The third-order valence-corrected chi connectivity index (χ3v) is 5.13. The van der Waals surface area contributed by atoms with E-state index in [0.717, 1.165) is 42.1 Å². The number of amides is 1. The van der Waals surface area contributed by atoms with Gasteiger partial charge in [0.15, 0.2) is 0 Å². The van der Waals surface area contributed by atoms with Gasteiger partial charge in [0.05, 0.1) is 23.8 Å². The van der Waals surface area contributed by atoms with Crippen LogP contribution in [0.25, 0.3) is 0 Å². The third-order valence-electron chi connectivity index (χ3n) is 4.13. The minimum absolute atomic E-state index is 0.154. The number of pyridine rings is 1. The monoisotopic (exact) mass is 346 g/mol. The highest BCUT2D eigenvalue weighted by atomic mass is 32.1. The maximum Gasteiger partial charge on any atom is 0.264 e. The van der Waals surface area contributed by atoms with Crippen molar-refractivity contribution in [2.24, 2.45) is 0 Å². The smallest absolute Gasteiger partial charge is 0.264 e. The molecule has 1 fully saturated rings. The first-order chi connectivity index (χ1) is 11.7. The van der Waals surface area contributed by atoms with Gasteiger partial charge in [-0.05, 0) is 48.9 Å². The largest absolute Gasteiger partial charge is 0.490 e. The summed E-state index contributed by atoms with van der Waals surface area (Å²) in [4.78, 5) is 19.3. The molecule has 2 aromatic rings. The van der Waals surface area contributed by atoms with E-state index >= 15 is 0 Å². The van der Waals surface area contributed by atoms with Gasteiger partial charge < -0.3 is 14.4 Å². The van der Waals surface area contributed by atoms with Crippen molar-refractivity contribution in [2.45, 2.75) is 25.9 Å². The fourth-order valence-corrected chi connectivity index (χ4v) is 3.66. The lowest BCUT2D eigenvalue weighted by Crippen LogP contribution is -2.41. The number of aryl methyl sites for hydroxylation is 1. The van der Waals surface area contributed by atoms with Gasteiger partial charge in [-0.1, -0.05) is 0 Å². The van der Waals surface area contributed by atoms with Crippen molar-refractivity contribution in [3.8, 4) is 5.75 Å². The van der Waals surface area contributed by atoms with E-state index in [1.807, 2.05) is 35.4 Å². The molecular weight excluding hydrogens is 324 g/mol. The molecule has 128 valence electrons. The Labute approximate surface area is 146 Å². The minimum Gasteiger partial charge on any atom is -0.490 e. The fourth-order valence-electron chi connectivity index (χ4n) is 2.77. The fraction of sp³-hybridized carbons (Fsp3) is 0.444. The Morgan fingerprint density at radius 1 is 1.33 bits per heavy atom. The molecule has 24 heavy (non-hydrogen) atoms. The number of thiophene rings is 1. The average Bonchev–Trinajstić information content (AvgIpc) is 3.05. The lowest BCUT2D eigenvalue weighted by Gasteiger charge is -2.31. The average molecular weight is 346 g/mol. The molecule has 3 rings (SSSR count). The van der Waals surface area contributed by atoms with Gasteiger partial charge in [0, 0.05) is 19.3 Å². The van der Waals surface area contributed by atoms with Crippen molar-refractivity contribution in [3.63, 3.8) is 0 Å². The van der Waals surface area contributed by atoms with Gasteiger partial charge in [0.2, 0.25) is 0 Å². The number of ether oxygens (including phenoxy) is 2. The molecule has 0 N–H and O–H groups in total. The van der Waals surface area contributed by atoms with E-state index in [1.165, 1.54) is 11.3 Å². The third kappa shape index (κ3) is 4.33. The topological polar surface area (TPSA) is 51.7 Å². The zero-order chi connectivity index (χ0) is 16.8. The van der Waals surface area contributed by atoms with E-state index in [4.69, 9.17) is 9.47 Å². The quantitative estimate of drug-likeness (QED) is 0.754. The van der Waals surface area contributed by atoms with Crippen LogP contribution in [0.15, 0.2) is 36.0 Å². The molecule has 6 heteroatoms. The van der Waals surface area contributed by atoms with Gasteiger partial charge in [0.25, 0.3) is 5.91 Å². The van der Waals surface area contributed by atoms with E-state index in [2.05, 4.69) is 4.98 Å². The molecule has 0 bridgehead atoms. The maximum atomic E-state index is 12.5. The number of likely N-dealkylation sites (tertiary alicyclic amines) is 1. The van der Waals surface area contributed by atoms with Gasteiger partial charge in [-0.15, -0.1) is 11.3 Å². The SMILES string of the molecule is Cc1ccsc1C(=O)N1CCC(OCCOc2cccnc2)CC1. The number of hydrogen-bond acceptors (Lipinski definition) is 5. The lowest BCUT2D eigenvalue weighted by molar-refractivity contribution is -0.00232. The molecule has 0 aliphatic carbocycles. The van der Waals surface area contributed by atoms with Crippen LogP contribution in [0.3, 0.4) is 0 Å². The second-order valence-electron chi connectivity index (χ2n) is 5.83.